The van der Waals surface area contributed by atoms with E-state index in [1.807, 2.05) is 18.1 Å². The second-order valence-electron chi connectivity index (χ2n) is 7.77. The van der Waals surface area contributed by atoms with Crippen LogP contribution in [0.2, 0.25) is 0 Å². The molecular weight excluding hydrogens is 409 g/mol. The van der Waals surface area contributed by atoms with Gasteiger partial charge in [0.2, 0.25) is 0 Å². The number of hydrogen-bond acceptors (Lipinski definition) is 5. The number of thioether (sulfide) groups is 1. The molecule has 1 atom stereocenters. The first-order valence-electron chi connectivity index (χ1n) is 9.92. The molecule has 158 valence electrons. The molecule has 2 aromatic rings. The molecule has 3 rings (SSSR count). The highest BCUT2D eigenvalue weighted by atomic mass is 32.2. The van der Waals surface area contributed by atoms with E-state index in [0.29, 0.717) is 17.1 Å². The van der Waals surface area contributed by atoms with Crippen LogP contribution in [-0.2, 0) is 9.84 Å². The number of sulfone groups is 1. The summed E-state index contributed by atoms with van der Waals surface area (Å²) in [7, 11) is -3.61. The molecule has 0 amide bonds. The minimum Gasteiger partial charge on any atom is -0.507 e. The van der Waals surface area contributed by atoms with Crippen LogP contribution < -0.4 is 4.90 Å². The molecule has 7 heteroatoms. The molecule has 29 heavy (non-hydrogen) atoms. The molecule has 1 aliphatic heterocycles. The van der Waals surface area contributed by atoms with E-state index in [1.54, 1.807) is 18.2 Å². The van der Waals surface area contributed by atoms with Gasteiger partial charge >= 0.3 is 0 Å². The van der Waals surface area contributed by atoms with Crippen LogP contribution >= 0.6 is 11.8 Å². The summed E-state index contributed by atoms with van der Waals surface area (Å²) < 4.78 is 40.4. The van der Waals surface area contributed by atoms with Gasteiger partial charge in [0.05, 0.1) is 21.2 Å². The van der Waals surface area contributed by atoms with E-state index in [4.69, 9.17) is 0 Å². The van der Waals surface area contributed by atoms with Gasteiger partial charge in [-0.15, -0.1) is 11.8 Å². The van der Waals surface area contributed by atoms with Crippen LogP contribution in [0.1, 0.15) is 39.5 Å². The van der Waals surface area contributed by atoms with Gasteiger partial charge in [-0.1, -0.05) is 26.7 Å². The third kappa shape index (κ3) is 4.40. The molecule has 0 radical (unpaired) electrons. The molecule has 0 saturated heterocycles. The Morgan fingerprint density at radius 3 is 2.48 bits per heavy atom. The zero-order chi connectivity index (χ0) is 21.2. The van der Waals surface area contributed by atoms with Crippen molar-refractivity contribution >= 4 is 33.0 Å². The van der Waals surface area contributed by atoms with Crippen molar-refractivity contribution in [3.8, 4) is 5.75 Å². The lowest BCUT2D eigenvalue weighted by molar-refractivity contribution is 0.290. The first-order valence-corrected chi connectivity index (χ1v) is 12.8. The van der Waals surface area contributed by atoms with Crippen LogP contribution in [0.5, 0.6) is 5.75 Å². The molecule has 0 spiro atoms. The van der Waals surface area contributed by atoms with Gasteiger partial charge < -0.3 is 10.0 Å². The molecule has 1 N–H and O–H groups in total. The Hall–Kier alpha value is -1.73. The van der Waals surface area contributed by atoms with Crippen LogP contribution in [0.4, 0.5) is 15.8 Å². The third-order valence-electron chi connectivity index (χ3n) is 5.82. The Morgan fingerprint density at radius 2 is 1.90 bits per heavy atom. The van der Waals surface area contributed by atoms with Gasteiger partial charge in [0.1, 0.15) is 11.6 Å². The summed E-state index contributed by atoms with van der Waals surface area (Å²) in [5.41, 5.74) is 0.875. The first-order chi connectivity index (χ1) is 13.7. The summed E-state index contributed by atoms with van der Waals surface area (Å²) in [5, 5.41) is 10.4. The Balaban J connectivity index is 2.26. The number of phenolic OH excluding ortho intramolecular Hbond substituents is 1. The summed E-state index contributed by atoms with van der Waals surface area (Å²) in [6.45, 7) is 4.67. The van der Waals surface area contributed by atoms with Crippen molar-refractivity contribution in [1.29, 1.82) is 0 Å². The topological polar surface area (TPSA) is 57.6 Å². The van der Waals surface area contributed by atoms with Crippen molar-refractivity contribution < 1.29 is 17.9 Å². The van der Waals surface area contributed by atoms with Crippen molar-refractivity contribution in [2.75, 3.05) is 23.5 Å². The number of rotatable bonds is 6. The maximum Gasteiger partial charge on any atom is 0.181 e. The van der Waals surface area contributed by atoms with Gasteiger partial charge in [0, 0.05) is 23.7 Å². The van der Waals surface area contributed by atoms with Crippen LogP contribution in [0, 0.1) is 11.2 Å². The van der Waals surface area contributed by atoms with Crippen molar-refractivity contribution in [3.63, 3.8) is 0 Å². The van der Waals surface area contributed by atoms with Crippen molar-refractivity contribution in [2.24, 2.45) is 5.41 Å². The molecule has 0 aromatic heterocycles. The van der Waals surface area contributed by atoms with Crippen LogP contribution in [-0.4, -0.2) is 32.1 Å². The van der Waals surface area contributed by atoms with Gasteiger partial charge in [-0.25, -0.2) is 12.8 Å². The van der Waals surface area contributed by atoms with E-state index in [2.05, 4.69) is 6.92 Å². The maximum atomic E-state index is 13.6. The zero-order valence-corrected chi connectivity index (χ0v) is 18.7. The molecule has 1 heterocycles. The number of fused-ring (bicyclic) bond motifs is 1. The Labute approximate surface area is 177 Å². The lowest BCUT2D eigenvalue weighted by Gasteiger charge is -2.36. The molecule has 2 aromatic carbocycles. The average Bonchev–Trinajstić information content (AvgIpc) is 2.79. The number of anilines is 2. The van der Waals surface area contributed by atoms with E-state index in [9.17, 15) is 17.9 Å². The van der Waals surface area contributed by atoms with Crippen molar-refractivity contribution in [2.45, 2.75) is 49.3 Å². The summed E-state index contributed by atoms with van der Waals surface area (Å²) >= 11 is 1.36. The van der Waals surface area contributed by atoms with Gasteiger partial charge in [-0.3, -0.25) is 0 Å². The fourth-order valence-electron chi connectivity index (χ4n) is 4.05. The maximum absolute atomic E-state index is 13.6. The second kappa shape index (κ2) is 8.56. The monoisotopic (exact) mass is 437 g/mol. The van der Waals surface area contributed by atoms with Crippen LogP contribution in [0.25, 0.3) is 0 Å². The van der Waals surface area contributed by atoms with E-state index in [0.717, 1.165) is 31.4 Å². The summed E-state index contributed by atoms with van der Waals surface area (Å²) in [5.74, 6) is -0.324. The number of nitrogens with zero attached hydrogens (tertiary/aromatic N) is 1. The number of phenols is 1. The average molecular weight is 438 g/mol. The molecule has 0 aliphatic carbocycles. The highest BCUT2D eigenvalue weighted by molar-refractivity contribution is 7.98. The highest BCUT2D eigenvalue weighted by Gasteiger charge is 2.41. The fraction of sp³-hybridized carbons (Fsp3) is 0.455. The quantitative estimate of drug-likeness (QED) is 0.582. The fourth-order valence-corrected chi connectivity index (χ4v) is 6.73. The summed E-state index contributed by atoms with van der Waals surface area (Å²) in [6.07, 6.45) is 5.29. The molecule has 4 nitrogen and oxygen atoms in total. The smallest absolute Gasteiger partial charge is 0.181 e. The molecule has 0 saturated carbocycles. The van der Waals surface area contributed by atoms with Gasteiger partial charge in [-0.2, -0.15) is 0 Å². The summed E-state index contributed by atoms with van der Waals surface area (Å²) in [4.78, 5) is 2.74. The van der Waals surface area contributed by atoms with E-state index < -0.39 is 15.3 Å². The Kier molecular flexibility index (Phi) is 6.48. The van der Waals surface area contributed by atoms with E-state index in [1.165, 1.54) is 30.0 Å². The molecular formula is C22H28FNO3S2. The number of halogens is 1. The first kappa shape index (κ1) is 22.0. The zero-order valence-electron chi connectivity index (χ0n) is 17.1. The minimum atomic E-state index is -3.61. The minimum absolute atomic E-state index is 0.0311. The molecule has 0 bridgehead atoms. The van der Waals surface area contributed by atoms with Crippen LogP contribution in [0.15, 0.2) is 46.2 Å². The summed E-state index contributed by atoms with van der Waals surface area (Å²) in [6, 6.07) is 9.26. The molecule has 1 aliphatic rings. The van der Waals surface area contributed by atoms with Gasteiger partial charge in [0.15, 0.2) is 9.84 Å². The molecule has 0 unspecified atom stereocenters. The molecule has 0 fully saturated rings. The lowest BCUT2D eigenvalue weighted by Crippen LogP contribution is -2.37. The standard InChI is InChI=1S/C22H28FNO3S2/c1-4-6-11-22(5-2)14-24(17-9-7-16(23)8-10-17)18-12-20(28-3)19(25)13-21(18)29(26,27)15-22/h7-10,12-13,25H,4-6,11,14-15H2,1-3H3/t22-/m1/s1. The SMILES string of the molecule is CCCC[C@]1(CC)CN(c2ccc(F)cc2)c2cc(SC)c(O)cc2S(=O)(=O)C1. The third-order valence-corrected chi connectivity index (χ3v) is 8.58. The number of aromatic hydroxyl groups is 1. The Bertz CT molecular complexity index is 976. The van der Waals surface area contributed by atoms with Gasteiger partial charge in [0.25, 0.3) is 0 Å². The number of benzene rings is 2. The van der Waals surface area contributed by atoms with E-state index in [-0.39, 0.29) is 22.2 Å². The normalized spacial score (nSPS) is 20.9. The van der Waals surface area contributed by atoms with E-state index >= 15 is 0 Å². The lowest BCUT2D eigenvalue weighted by atomic mass is 9.81. The second-order valence-corrected chi connectivity index (χ2v) is 10.6. The highest BCUT2D eigenvalue weighted by Crippen LogP contribution is 2.46. The Morgan fingerprint density at radius 1 is 1.21 bits per heavy atom. The van der Waals surface area contributed by atoms with Crippen LogP contribution in [0.3, 0.4) is 0 Å². The number of unbranched alkanes of at least 4 members (excludes halogenated alkanes) is 1. The van der Waals surface area contributed by atoms with Gasteiger partial charge in [-0.05, 0) is 49.4 Å². The number of hydrogen-bond donors (Lipinski definition) is 1. The van der Waals surface area contributed by atoms with Crippen molar-refractivity contribution in [1.82, 2.24) is 0 Å². The predicted molar refractivity (Wildman–Crippen MR) is 118 cm³/mol. The van der Waals surface area contributed by atoms with Crippen molar-refractivity contribution in [3.05, 3.63) is 42.2 Å². The predicted octanol–water partition coefficient (Wildman–Crippen LogP) is 5.77. The largest absolute Gasteiger partial charge is 0.507 e.